The van der Waals surface area contributed by atoms with Crippen LogP contribution in [0.5, 0.6) is 0 Å². The van der Waals surface area contributed by atoms with Gasteiger partial charge in [0.15, 0.2) is 0 Å². The number of rotatable bonds is 0. The van der Waals surface area contributed by atoms with Gasteiger partial charge in [-0.1, -0.05) is 0 Å². The lowest BCUT2D eigenvalue weighted by atomic mass is 9.70. The Morgan fingerprint density at radius 3 is 2.56 bits per heavy atom. The quantitative estimate of drug-likeness (QED) is 0.724. The molecule has 0 bridgehead atoms. The van der Waals surface area contributed by atoms with Gasteiger partial charge < -0.3 is 5.32 Å². The van der Waals surface area contributed by atoms with Crippen molar-refractivity contribution < 1.29 is 0 Å². The van der Waals surface area contributed by atoms with Gasteiger partial charge in [0.2, 0.25) is 0 Å². The Hall–Kier alpha value is -0.340. The molecule has 0 atom stereocenters. The highest BCUT2D eigenvalue weighted by atomic mass is 32.1. The predicted octanol–water partition coefficient (Wildman–Crippen LogP) is 3.44. The molecule has 2 fully saturated rings. The Morgan fingerprint density at radius 2 is 1.81 bits per heavy atom. The van der Waals surface area contributed by atoms with Crippen molar-refractivity contribution in [3.63, 3.8) is 0 Å². The number of hydrogen-bond donors (Lipinski definition) is 1. The minimum absolute atomic E-state index is 0.376. The molecule has 2 heterocycles. The van der Waals surface area contributed by atoms with E-state index in [9.17, 15) is 0 Å². The highest BCUT2D eigenvalue weighted by Gasteiger charge is 2.50. The molecular formula is C14H19NS. The second-order valence-electron chi connectivity index (χ2n) is 6.02. The molecule has 0 radical (unpaired) electrons. The minimum Gasteiger partial charge on any atom is -0.307 e. The Morgan fingerprint density at radius 1 is 1.06 bits per heavy atom. The van der Waals surface area contributed by atoms with Crippen molar-refractivity contribution in [1.29, 1.82) is 0 Å². The molecule has 0 saturated heterocycles. The van der Waals surface area contributed by atoms with E-state index in [4.69, 9.17) is 0 Å². The van der Waals surface area contributed by atoms with Crippen LogP contribution in [0.4, 0.5) is 0 Å². The van der Waals surface area contributed by atoms with E-state index in [-0.39, 0.29) is 0 Å². The summed E-state index contributed by atoms with van der Waals surface area (Å²) in [4.78, 5) is 1.66. The highest BCUT2D eigenvalue weighted by molar-refractivity contribution is 7.10. The molecule has 3 aliphatic rings. The first-order valence-electron chi connectivity index (χ1n) is 6.64. The molecule has 86 valence electrons. The topological polar surface area (TPSA) is 12.0 Å². The van der Waals surface area contributed by atoms with Gasteiger partial charge in [-0.05, 0) is 67.4 Å². The van der Waals surface area contributed by atoms with Crippen molar-refractivity contribution in [2.75, 3.05) is 6.54 Å². The molecule has 1 aromatic rings. The SMILES string of the molecule is c1cc2c(s1)CCNC21CCC2(CC2)CC1. The average Bonchev–Trinajstić information content (AvgIpc) is 2.89. The second kappa shape index (κ2) is 3.11. The highest BCUT2D eigenvalue weighted by Crippen LogP contribution is 2.60. The predicted molar refractivity (Wildman–Crippen MR) is 67.8 cm³/mol. The van der Waals surface area contributed by atoms with Crippen LogP contribution >= 0.6 is 11.3 Å². The molecule has 0 unspecified atom stereocenters. The maximum Gasteiger partial charge on any atom is 0.0446 e. The molecule has 2 aliphatic carbocycles. The van der Waals surface area contributed by atoms with E-state index in [0.29, 0.717) is 5.54 Å². The van der Waals surface area contributed by atoms with Crippen LogP contribution < -0.4 is 5.32 Å². The van der Waals surface area contributed by atoms with E-state index >= 15 is 0 Å². The van der Waals surface area contributed by atoms with Crippen molar-refractivity contribution in [2.45, 2.75) is 50.5 Å². The van der Waals surface area contributed by atoms with Crippen LogP contribution in [0.2, 0.25) is 0 Å². The van der Waals surface area contributed by atoms with Gasteiger partial charge in [-0.15, -0.1) is 11.3 Å². The van der Waals surface area contributed by atoms with Crippen molar-refractivity contribution in [3.05, 3.63) is 21.9 Å². The van der Waals surface area contributed by atoms with Crippen molar-refractivity contribution >= 4 is 11.3 Å². The summed E-state index contributed by atoms with van der Waals surface area (Å²) in [7, 11) is 0. The Bertz CT molecular complexity index is 406. The number of hydrogen-bond acceptors (Lipinski definition) is 2. The van der Waals surface area contributed by atoms with E-state index < -0.39 is 0 Å². The standard InChI is InChI=1S/C14H19NS/c1-9-15-14(11-2-10-16-12(1)11)7-5-13(3-4-13)6-8-14/h2,10,15H,1,3-9H2. The van der Waals surface area contributed by atoms with Crippen LogP contribution in [-0.4, -0.2) is 6.54 Å². The van der Waals surface area contributed by atoms with E-state index in [1.54, 1.807) is 10.4 Å². The van der Waals surface area contributed by atoms with E-state index in [0.717, 1.165) is 5.41 Å². The van der Waals surface area contributed by atoms with Crippen LogP contribution in [0.1, 0.15) is 49.0 Å². The van der Waals surface area contributed by atoms with Gasteiger partial charge in [-0.2, -0.15) is 0 Å². The van der Waals surface area contributed by atoms with Crippen LogP contribution in [0.25, 0.3) is 0 Å². The fourth-order valence-electron chi connectivity index (χ4n) is 3.80. The Kier molecular flexibility index (Phi) is 1.88. The molecule has 1 aliphatic heterocycles. The van der Waals surface area contributed by atoms with Gasteiger partial charge in [-0.25, -0.2) is 0 Å². The molecule has 1 nitrogen and oxygen atoms in total. The lowest BCUT2D eigenvalue weighted by Gasteiger charge is -2.44. The summed E-state index contributed by atoms with van der Waals surface area (Å²) in [5.74, 6) is 0. The third kappa shape index (κ3) is 1.26. The van der Waals surface area contributed by atoms with Gasteiger partial charge >= 0.3 is 0 Å². The summed E-state index contributed by atoms with van der Waals surface area (Å²) in [5.41, 5.74) is 2.83. The minimum atomic E-state index is 0.376. The molecule has 2 heteroatoms. The largest absolute Gasteiger partial charge is 0.307 e. The van der Waals surface area contributed by atoms with Crippen LogP contribution in [0, 0.1) is 5.41 Å². The van der Waals surface area contributed by atoms with Gasteiger partial charge in [0.25, 0.3) is 0 Å². The van der Waals surface area contributed by atoms with E-state index in [2.05, 4.69) is 16.8 Å². The van der Waals surface area contributed by atoms with Crippen molar-refractivity contribution in [1.82, 2.24) is 5.32 Å². The van der Waals surface area contributed by atoms with E-state index in [1.165, 1.54) is 51.5 Å². The number of nitrogens with one attached hydrogen (secondary N) is 1. The molecule has 0 aromatic carbocycles. The van der Waals surface area contributed by atoms with Crippen LogP contribution in [0.3, 0.4) is 0 Å². The first-order chi connectivity index (χ1) is 7.82. The zero-order valence-corrected chi connectivity index (χ0v) is 10.5. The van der Waals surface area contributed by atoms with Crippen LogP contribution in [-0.2, 0) is 12.0 Å². The summed E-state index contributed by atoms with van der Waals surface area (Å²) in [6.07, 6.45) is 9.98. The second-order valence-corrected chi connectivity index (χ2v) is 7.02. The van der Waals surface area contributed by atoms with Gasteiger partial charge in [0, 0.05) is 17.0 Å². The first-order valence-corrected chi connectivity index (χ1v) is 7.52. The third-order valence-corrected chi connectivity index (χ3v) is 6.18. The monoisotopic (exact) mass is 233 g/mol. The molecule has 0 amide bonds. The van der Waals surface area contributed by atoms with Gasteiger partial charge in [-0.3, -0.25) is 0 Å². The van der Waals surface area contributed by atoms with Crippen LogP contribution in [0.15, 0.2) is 11.4 Å². The van der Waals surface area contributed by atoms with Gasteiger partial charge in [0.1, 0.15) is 0 Å². The van der Waals surface area contributed by atoms with E-state index in [1.807, 2.05) is 11.3 Å². The smallest absolute Gasteiger partial charge is 0.0446 e. The maximum atomic E-state index is 3.85. The maximum absolute atomic E-state index is 3.85. The first kappa shape index (κ1) is 9.67. The van der Waals surface area contributed by atoms with Gasteiger partial charge in [0.05, 0.1) is 0 Å². The Balaban J connectivity index is 1.68. The summed E-state index contributed by atoms with van der Waals surface area (Å²) < 4.78 is 0. The fourth-order valence-corrected chi connectivity index (χ4v) is 4.78. The average molecular weight is 233 g/mol. The summed E-state index contributed by atoms with van der Waals surface area (Å²) >= 11 is 1.97. The zero-order valence-electron chi connectivity index (χ0n) is 9.72. The Labute approximate surface area is 101 Å². The molecule has 2 saturated carbocycles. The zero-order chi connectivity index (χ0) is 10.6. The molecule has 1 N–H and O–H groups in total. The lowest BCUT2D eigenvalue weighted by Crippen LogP contribution is -2.49. The molecular weight excluding hydrogens is 214 g/mol. The molecule has 4 rings (SSSR count). The third-order valence-electron chi connectivity index (χ3n) is 5.20. The van der Waals surface area contributed by atoms with Crippen molar-refractivity contribution in [2.24, 2.45) is 5.41 Å². The number of thiophene rings is 1. The van der Waals surface area contributed by atoms with Crippen molar-refractivity contribution in [3.8, 4) is 0 Å². The normalized spacial score (nSPS) is 29.2. The molecule has 1 aromatic heterocycles. The lowest BCUT2D eigenvalue weighted by molar-refractivity contribution is 0.170. The molecule has 16 heavy (non-hydrogen) atoms. The number of fused-ring (bicyclic) bond motifs is 2. The summed E-state index contributed by atoms with van der Waals surface area (Å²) in [6, 6.07) is 2.39. The fraction of sp³-hybridized carbons (Fsp3) is 0.714. The summed E-state index contributed by atoms with van der Waals surface area (Å²) in [6.45, 7) is 1.19. The molecule has 2 spiro atoms. The summed E-state index contributed by atoms with van der Waals surface area (Å²) in [5, 5.41) is 6.14.